The maximum Gasteiger partial charge on any atom is 0.307 e. The van der Waals surface area contributed by atoms with Crippen molar-refractivity contribution in [2.45, 2.75) is 52.1 Å². The highest BCUT2D eigenvalue weighted by Crippen LogP contribution is 2.35. The second kappa shape index (κ2) is 9.08. The van der Waals surface area contributed by atoms with Gasteiger partial charge in [0, 0.05) is 25.2 Å². The topological polar surface area (TPSA) is 79.0 Å². The summed E-state index contributed by atoms with van der Waals surface area (Å²) < 4.78 is 4.87. The third-order valence-corrected chi connectivity index (χ3v) is 5.40. The third kappa shape index (κ3) is 4.13. The molecular formula is C21H29N3O4. The van der Waals surface area contributed by atoms with Crippen LogP contribution in [0.4, 0.5) is 5.69 Å². The Balaban J connectivity index is 1.77. The quantitative estimate of drug-likeness (QED) is 0.759. The minimum absolute atomic E-state index is 0.0564. The number of fused-ring (bicyclic) bond motifs is 2. The lowest BCUT2D eigenvalue weighted by atomic mass is 10.0. The van der Waals surface area contributed by atoms with Crippen LogP contribution in [0.1, 0.15) is 66.7 Å². The highest BCUT2D eigenvalue weighted by atomic mass is 16.5. The van der Waals surface area contributed by atoms with E-state index in [2.05, 4.69) is 17.1 Å². The molecule has 1 atom stereocenters. The Bertz CT molecular complexity index is 749. The van der Waals surface area contributed by atoms with Crippen molar-refractivity contribution in [3.63, 3.8) is 0 Å². The molecule has 7 nitrogen and oxygen atoms in total. The minimum atomic E-state index is -0.329. The summed E-state index contributed by atoms with van der Waals surface area (Å²) >= 11 is 0. The number of nitrogens with zero attached hydrogens (tertiary/aromatic N) is 2. The van der Waals surface area contributed by atoms with Crippen LogP contribution in [0.3, 0.4) is 0 Å². The third-order valence-electron chi connectivity index (χ3n) is 5.40. The van der Waals surface area contributed by atoms with Gasteiger partial charge in [-0.3, -0.25) is 14.4 Å². The Hall–Kier alpha value is -2.57. The second-order valence-corrected chi connectivity index (χ2v) is 7.16. The van der Waals surface area contributed by atoms with Gasteiger partial charge in [0.25, 0.3) is 11.8 Å². The van der Waals surface area contributed by atoms with Gasteiger partial charge >= 0.3 is 5.97 Å². The van der Waals surface area contributed by atoms with Crippen LogP contribution in [-0.2, 0) is 9.53 Å². The fraction of sp³-hybridized carbons (Fsp3) is 0.571. The van der Waals surface area contributed by atoms with Gasteiger partial charge in [-0.25, -0.2) is 0 Å². The molecule has 0 radical (unpaired) electrons. The number of benzene rings is 1. The summed E-state index contributed by atoms with van der Waals surface area (Å²) in [5.74, 6) is -0.524. The molecule has 2 heterocycles. The van der Waals surface area contributed by atoms with Gasteiger partial charge in [-0.15, -0.1) is 0 Å². The number of amides is 2. The number of hydrogen-bond acceptors (Lipinski definition) is 5. The smallest absolute Gasteiger partial charge is 0.307 e. The molecule has 1 aromatic rings. The number of hydrogen-bond donors (Lipinski definition) is 1. The summed E-state index contributed by atoms with van der Waals surface area (Å²) in [6.45, 7) is 5.94. The molecular weight excluding hydrogens is 358 g/mol. The number of carbonyl (C=O) groups excluding carboxylic acids is 3. The first-order chi connectivity index (χ1) is 13.6. The number of esters is 1. The number of ether oxygens (including phenoxy) is 1. The van der Waals surface area contributed by atoms with Crippen molar-refractivity contribution in [3.8, 4) is 0 Å². The lowest BCUT2D eigenvalue weighted by molar-refractivity contribution is -0.142. The Morgan fingerprint density at radius 2 is 2.04 bits per heavy atom. The zero-order chi connectivity index (χ0) is 20.1. The van der Waals surface area contributed by atoms with E-state index >= 15 is 0 Å². The van der Waals surface area contributed by atoms with Crippen LogP contribution in [0, 0.1) is 0 Å². The summed E-state index contributed by atoms with van der Waals surface area (Å²) in [6.07, 6.45) is 4.44. The average molecular weight is 387 g/mol. The zero-order valence-electron chi connectivity index (χ0n) is 16.7. The first kappa shape index (κ1) is 20.2. The van der Waals surface area contributed by atoms with E-state index in [1.54, 1.807) is 25.1 Å². The van der Waals surface area contributed by atoms with Gasteiger partial charge in [0.1, 0.15) is 6.17 Å². The first-order valence-electron chi connectivity index (χ1n) is 10.2. The van der Waals surface area contributed by atoms with E-state index in [-0.39, 0.29) is 36.9 Å². The molecule has 2 amide bonds. The zero-order valence-corrected chi connectivity index (χ0v) is 16.7. The molecule has 1 saturated heterocycles. The van der Waals surface area contributed by atoms with E-state index in [0.717, 1.165) is 44.5 Å². The molecule has 1 aromatic carbocycles. The fourth-order valence-corrected chi connectivity index (χ4v) is 4.05. The standard InChI is InChI=1S/C21H29N3O4/c1-3-23-17-14-15(20(26)22-12-11-19(25)28-4-2)9-10-16(17)21(27)24-13-7-5-6-8-18(23)24/h9-10,14,18H,3-8,11-13H2,1-2H3,(H,22,26). The van der Waals surface area contributed by atoms with Crippen LogP contribution in [0.15, 0.2) is 18.2 Å². The SMILES string of the molecule is CCOC(=O)CCNC(=O)c1ccc2c(c1)N(CC)C1CCCCCN1C2=O. The molecule has 28 heavy (non-hydrogen) atoms. The maximum absolute atomic E-state index is 13.0. The van der Waals surface area contributed by atoms with Crippen molar-refractivity contribution in [1.29, 1.82) is 0 Å². The molecule has 0 spiro atoms. The van der Waals surface area contributed by atoms with Gasteiger partial charge in [-0.05, 0) is 51.3 Å². The lowest BCUT2D eigenvalue weighted by Gasteiger charge is -2.44. The Kier molecular flexibility index (Phi) is 6.54. The molecule has 0 aliphatic carbocycles. The average Bonchev–Trinajstić information content (AvgIpc) is 2.94. The Labute approximate surface area is 166 Å². The van der Waals surface area contributed by atoms with Crippen molar-refractivity contribution >= 4 is 23.5 Å². The van der Waals surface area contributed by atoms with Crippen LogP contribution in [0.2, 0.25) is 0 Å². The van der Waals surface area contributed by atoms with Crippen molar-refractivity contribution in [2.75, 3.05) is 31.1 Å². The number of nitrogens with one attached hydrogen (secondary N) is 1. The summed E-state index contributed by atoms with van der Waals surface area (Å²) in [5, 5.41) is 2.75. The maximum atomic E-state index is 13.0. The fourth-order valence-electron chi connectivity index (χ4n) is 4.05. The van der Waals surface area contributed by atoms with E-state index in [9.17, 15) is 14.4 Å². The minimum Gasteiger partial charge on any atom is -0.466 e. The molecule has 7 heteroatoms. The first-order valence-corrected chi connectivity index (χ1v) is 10.2. The molecule has 2 aliphatic rings. The summed E-state index contributed by atoms with van der Waals surface area (Å²) in [4.78, 5) is 41.1. The molecule has 0 bridgehead atoms. The second-order valence-electron chi connectivity index (χ2n) is 7.16. The van der Waals surface area contributed by atoms with Gasteiger partial charge < -0.3 is 19.9 Å². The summed E-state index contributed by atoms with van der Waals surface area (Å²) in [6, 6.07) is 5.24. The molecule has 152 valence electrons. The molecule has 0 saturated carbocycles. The molecule has 1 fully saturated rings. The van der Waals surface area contributed by atoms with Crippen LogP contribution >= 0.6 is 0 Å². The van der Waals surface area contributed by atoms with Crippen LogP contribution in [-0.4, -0.2) is 55.1 Å². The highest BCUT2D eigenvalue weighted by molar-refractivity contribution is 6.04. The predicted molar refractivity (Wildman–Crippen MR) is 106 cm³/mol. The molecule has 1 unspecified atom stereocenters. The van der Waals surface area contributed by atoms with Crippen molar-refractivity contribution in [3.05, 3.63) is 29.3 Å². The molecule has 0 aromatic heterocycles. The van der Waals surface area contributed by atoms with E-state index in [0.29, 0.717) is 17.7 Å². The van der Waals surface area contributed by atoms with Crippen LogP contribution in [0.5, 0.6) is 0 Å². The number of rotatable bonds is 6. The number of carbonyl (C=O) groups is 3. The van der Waals surface area contributed by atoms with Crippen LogP contribution in [0.25, 0.3) is 0 Å². The molecule has 1 N–H and O–H groups in total. The largest absolute Gasteiger partial charge is 0.466 e. The van der Waals surface area contributed by atoms with E-state index in [1.165, 1.54) is 0 Å². The van der Waals surface area contributed by atoms with E-state index < -0.39 is 0 Å². The summed E-state index contributed by atoms with van der Waals surface area (Å²) in [7, 11) is 0. The van der Waals surface area contributed by atoms with Gasteiger partial charge in [0.05, 0.1) is 24.3 Å². The molecule has 2 aliphatic heterocycles. The highest BCUT2D eigenvalue weighted by Gasteiger charge is 2.37. The van der Waals surface area contributed by atoms with Crippen molar-refractivity contribution in [2.24, 2.45) is 0 Å². The molecule has 3 rings (SSSR count). The summed E-state index contributed by atoms with van der Waals surface area (Å²) in [5.41, 5.74) is 1.98. The Morgan fingerprint density at radius 1 is 1.21 bits per heavy atom. The normalized spacial score (nSPS) is 18.8. The Morgan fingerprint density at radius 3 is 2.79 bits per heavy atom. The van der Waals surface area contributed by atoms with Gasteiger partial charge in [0.2, 0.25) is 0 Å². The van der Waals surface area contributed by atoms with E-state index in [1.807, 2.05) is 4.90 Å². The predicted octanol–water partition coefficient (Wildman–Crippen LogP) is 2.55. The van der Waals surface area contributed by atoms with Gasteiger partial charge in [-0.2, -0.15) is 0 Å². The van der Waals surface area contributed by atoms with E-state index in [4.69, 9.17) is 4.74 Å². The monoisotopic (exact) mass is 387 g/mol. The lowest BCUT2D eigenvalue weighted by Crippen LogP contribution is -2.55. The van der Waals surface area contributed by atoms with Crippen molar-refractivity contribution < 1.29 is 19.1 Å². The van der Waals surface area contributed by atoms with Gasteiger partial charge in [-0.1, -0.05) is 6.42 Å². The van der Waals surface area contributed by atoms with Crippen molar-refractivity contribution in [1.82, 2.24) is 10.2 Å². The van der Waals surface area contributed by atoms with Crippen LogP contribution < -0.4 is 10.2 Å². The van der Waals surface area contributed by atoms with Gasteiger partial charge in [0.15, 0.2) is 0 Å². The number of anilines is 1.